The van der Waals surface area contributed by atoms with Gasteiger partial charge in [0.25, 0.3) is 0 Å². The van der Waals surface area contributed by atoms with Gasteiger partial charge in [0.2, 0.25) is 5.88 Å². The molecule has 96 valence electrons. The molecular formula is C15H15N3O. The Morgan fingerprint density at radius 1 is 1.21 bits per heavy atom. The van der Waals surface area contributed by atoms with Crippen molar-refractivity contribution in [3.63, 3.8) is 0 Å². The minimum Gasteiger partial charge on any atom is -0.481 e. The van der Waals surface area contributed by atoms with Crippen molar-refractivity contribution in [2.24, 2.45) is 0 Å². The van der Waals surface area contributed by atoms with Crippen molar-refractivity contribution in [1.29, 1.82) is 0 Å². The van der Waals surface area contributed by atoms with Gasteiger partial charge in [-0.05, 0) is 29.1 Å². The van der Waals surface area contributed by atoms with Gasteiger partial charge in [0.05, 0.1) is 19.0 Å². The second-order valence-corrected chi connectivity index (χ2v) is 4.34. The predicted octanol–water partition coefficient (Wildman–Crippen LogP) is 3.18. The molecule has 2 heterocycles. The van der Waals surface area contributed by atoms with Crippen LogP contribution in [-0.4, -0.2) is 17.1 Å². The van der Waals surface area contributed by atoms with Crippen molar-refractivity contribution < 1.29 is 4.74 Å². The van der Waals surface area contributed by atoms with Crippen LogP contribution in [0.5, 0.6) is 5.88 Å². The van der Waals surface area contributed by atoms with E-state index < -0.39 is 0 Å². The molecule has 3 rings (SSSR count). The number of ether oxygens (including phenoxy) is 1. The summed E-state index contributed by atoms with van der Waals surface area (Å²) in [6.07, 6.45) is 3.72. The van der Waals surface area contributed by atoms with Crippen molar-refractivity contribution >= 4 is 16.6 Å². The Morgan fingerprint density at radius 2 is 2.16 bits per heavy atom. The Hall–Kier alpha value is -2.49. The maximum absolute atomic E-state index is 5.03. The molecule has 0 amide bonds. The number of aromatic amines is 1. The van der Waals surface area contributed by atoms with Gasteiger partial charge >= 0.3 is 0 Å². The molecular weight excluding hydrogens is 238 g/mol. The van der Waals surface area contributed by atoms with E-state index in [4.69, 9.17) is 4.74 Å². The molecule has 0 aliphatic rings. The first-order chi connectivity index (χ1) is 9.35. The average Bonchev–Trinajstić information content (AvgIpc) is 2.93. The molecule has 0 atom stereocenters. The molecule has 0 spiro atoms. The van der Waals surface area contributed by atoms with Crippen LogP contribution in [-0.2, 0) is 6.54 Å². The second kappa shape index (κ2) is 5.02. The molecule has 0 aliphatic heterocycles. The van der Waals surface area contributed by atoms with Crippen LogP contribution in [0.3, 0.4) is 0 Å². The smallest absolute Gasteiger partial charge is 0.213 e. The highest BCUT2D eigenvalue weighted by molar-refractivity contribution is 5.79. The molecule has 0 unspecified atom stereocenters. The van der Waals surface area contributed by atoms with Crippen LogP contribution in [0.25, 0.3) is 10.9 Å². The van der Waals surface area contributed by atoms with Gasteiger partial charge in [-0.2, -0.15) is 0 Å². The van der Waals surface area contributed by atoms with Crippen molar-refractivity contribution in [1.82, 2.24) is 9.97 Å². The molecule has 4 heteroatoms. The third kappa shape index (κ3) is 2.52. The quantitative estimate of drug-likeness (QED) is 0.750. The molecule has 4 nitrogen and oxygen atoms in total. The molecule has 2 aromatic heterocycles. The van der Waals surface area contributed by atoms with Crippen LogP contribution in [0.2, 0.25) is 0 Å². The van der Waals surface area contributed by atoms with Crippen LogP contribution < -0.4 is 10.1 Å². The normalized spacial score (nSPS) is 10.6. The average molecular weight is 253 g/mol. The number of methoxy groups -OCH3 is 1. The van der Waals surface area contributed by atoms with E-state index in [1.54, 1.807) is 13.3 Å². The molecule has 0 saturated carbocycles. The minimum atomic E-state index is 0.623. The lowest BCUT2D eigenvalue weighted by Crippen LogP contribution is -2.00. The van der Waals surface area contributed by atoms with Gasteiger partial charge in [-0.1, -0.05) is 12.1 Å². The van der Waals surface area contributed by atoms with Gasteiger partial charge in [-0.25, -0.2) is 4.98 Å². The molecule has 1 aromatic carbocycles. The summed E-state index contributed by atoms with van der Waals surface area (Å²) in [5.41, 5.74) is 3.37. The summed E-state index contributed by atoms with van der Waals surface area (Å²) in [4.78, 5) is 7.38. The molecule has 0 aliphatic carbocycles. The third-order valence-corrected chi connectivity index (χ3v) is 3.06. The van der Waals surface area contributed by atoms with Gasteiger partial charge in [0, 0.05) is 24.3 Å². The van der Waals surface area contributed by atoms with Crippen LogP contribution >= 0.6 is 0 Å². The highest BCUT2D eigenvalue weighted by Crippen LogP contribution is 2.16. The molecule has 0 fully saturated rings. The van der Waals surface area contributed by atoms with E-state index in [0.29, 0.717) is 5.88 Å². The van der Waals surface area contributed by atoms with Crippen LogP contribution in [0.4, 0.5) is 5.69 Å². The van der Waals surface area contributed by atoms with E-state index in [9.17, 15) is 0 Å². The summed E-state index contributed by atoms with van der Waals surface area (Å²) in [5, 5.41) is 4.57. The zero-order valence-corrected chi connectivity index (χ0v) is 10.7. The zero-order chi connectivity index (χ0) is 13.1. The number of rotatable bonds is 4. The van der Waals surface area contributed by atoms with E-state index in [1.807, 2.05) is 18.3 Å². The first-order valence-corrected chi connectivity index (χ1v) is 6.15. The Labute approximate surface area is 111 Å². The third-order valence-electron chi connectivity index (χ3n) is 3.06. The summed E-state index contributed by atoms with van der Waals surface area (Å²) < 4.78 is 5.03. The van der Waals surface area contributed by atoms with Gasteiger partial charge in [-0.3, -0.25) is 0 Å². The van der Waals surface area contributed by atoms with Gasteiger partial charge in [0.15, 0.2) is 0 Å². The SMILES string of the molecule is COc1ccc(NCc2ccc3cc[nH]c3c2)cn1. The first kappa shape index (κ1) is 11.6. The minimum absolute atomic E-state index is 0.623. The summed E-state index contributed by atoms with van der Waals surface area (Å²) in [7, 11) is 1.61. The predicted molar refractivity (Wildman–Crippen MR) is 76.4 cm³/mol. The standard InChI is InChI=1S/C15H15N3O/c1-19-15-5-4-13(10-18-15)17-9-11-2-3-12-6-7-16-14(12)8-11/h2-8,10,16-17H,9H2,1H3. The molecule has 0 bridgehead atoms. The number of fused-ring (bicyclic) bond motifs is 1. The van der Waals surface area contributed by atoms with Gasteiger partial charge in [0.1, 0.15) is 0 Å². The Morgan fingerprint density at radius 3 is 2.95 bits per heavy atom. The Kier molecular flexibility index (Phi) is 3.06. The van der Waals surface area contributed by atoms with E-state index >= 15 is 0 Å². The summed E-state index contributed by atoms with van der Waals surface area (Å²) >= 11 is 0. The molecule has 3 aromatic rings. The van der Waals surface area contributed by atoms with Crippen LogP contribution in [0.15, 0.2) is 48.8 Å². The number of hydrogen-bond donors (Lipinski definition) is 2. The van der Waals surface area contributed by atoms with E-state index in [1.165, 1.54) is 10.9 Å². The van der Waals surface area contributed by atoms with Crippen molar-refractivity contribution in [2.75, 3.05) is 12.4 Å². The van der Waals surface area contributed by atoms with Gasteiger partial charge in [-0.15, -0.1) is 0 Å². The van der Waals surface area contributed by atoms with E-state index in [0.717, 1.165) is 17.7 Å². The highest BCUT2D eigenvalue weighted by Gasteiger charge is 1.99. The number of aromatic nitrogens is 2. The Bertz CT molecular complexity index is 673. The number of pyridine rings is 1. The molecule has 0 radical (unpaired) electrons. The largest absolute Gasteiger partial charge is 0.481 e. The number of benzene rings is 1. The summed E-state index contributed by atoms with van der Waals surface area (Å²) in [6.45, 7) is 0.767. The lowest BCUT2D eigenvalue weighted by molar-refractivity contribution is 0.398. The fourth-order valence-corrected chi connectivity index (χ4v) is 2.01. The summed E-state index contributed by atoms with van der Waals surface area (Å²) in [6, 6.07) is 12.3. The first-order valence-electron chi connectivity index (χ1n) is 6.15. The summed E-state index contributed by atoms with van der Waals surface area (Å²) in [5.74, 6) is 0.623. The molecule has 0 saturated heterocycles. The Balaban J connectivity index is 1.70. The maximum Gasteiger partial charge on any atom is 0.213 e. The van der Waals surface area contributed by atoms with E-state index in [2.05, 4.69) is 39.6 Å². The molecule has 19 heavy (non-hydrogen) atoms. The highest BCUT2D eigenvalue weighted by atomic mass is 16.5. The molecule has 2 N–H and O–H groups in total. The lowest BCUT2D eigenvalue weighted by Gasteiger charge is -2.07. The maximum atomic E-state index is 5.03. The lowest BCUT2D eigenvalue weighted by atomic mass is 10.1. The van der Waals surface area contributed by atoms with E-state index in [-0.39, 0.29) is 0 Å². The van der Waals surface area contributed by atoms with Crippen molar-refractivity contribution in [2.45, 2.75) is 6.54 Å². The second-order valence-electron chi connectivity index (χ2n) is 4.34. The van der Waals surface area contributed by atoms with Gasteiger partial charge < -0.3 is 15.0 Å². The van der Waals surface area contributed by atoms with Crippen LogP contribution in [0.1, 0.15) is 5.56 Å². The number of H-pyrrole nitrogens is 1. The zero-order valence-electron chi connectivity index (χ0n) is 10.7. The fourth-order valence-electron chi connectivity index (χ4n) is 2.01. The number of nitrogens with zero attached hydrogens (tertiary/aromatic N) is 1. The number of anilines is 1. The van der Waals surface area contributed by atoms with Crippen LogP contribution in [0, 0.1) is 0 Å². The van der Waals surface area contributed by atoms with Crippen molar-refractivity contribution in [3.8, 4) is 5.88 Å². The van der Waals surface area contributed by atoms with Crippen molar-refractivity contribution in [3.05, 3.63) is 54.4 Å². The fraction of sp³-hybridized carbons (Fsp3) is 0.133. The topological polar surface area (TPSA) is 49.9 Å². The number of nitrogens with one attached hydrogen (secondary N) is 2. The monoisotopic (exact) mass is 253 g/mol. The number of hydrogen-bond acceptors (Lipinski definition) is 3.